The second-order valence-corrected chi connectivity index (χ2v) is 9.87. The average Bonchev–Trinajstić information content (AvgIpc) is 3.30. The minimum Gasteiger partial charge on any atom is -0.359 e. The van der Waals surface area contributed by atoms with Crippen molar-refractivity contribution in [1.82, 2.24) is 15.0 Å². The van der Waals surface area contributed by atoms with Gasteiger partial charge in [-0.1, -0.05) is 44.1 Å². The Hall–Kier alpha value is -3.72. The molecule has 184 valence electrons. The van der Waals surface area contributed by atoms with E-state index in [1.165, 1.54) is 0 Å². The van der Waals surface area contributed by atoms with E-state index in [-0.39, 0.29) is 17.6 Å². The Kier molecular flexibility index (Phi) is 7.16. The van der Waals surface area contributed by atoms with Crippen molar-refractivity contribution in [2.75, 3.05) is 48.8 Å². The summed E-state index contributed by atoms with van der Waals surface area (Å²) < 4.78 is 5.28. The molecule has 1 aliphatic heterocycles. The molecule has 4 rings (SSSR count). The molecule has 0 radical (unpaired) electrons. The molecule has 3 heterocycles. The van der Waals surface area contributed by atoms with E-state index in [1.54, 1.807) is 24.3 Å². The highest BCUT2D eigenvalue weighted by molar-refractivity contribution is 5.99. The minimum atomic E-state index is -0.424. The number of pyridine rings is 1. The van der Waals surface area contributed by atoms with Gasteiger partial charge in [-0.05, 0) is 36.9 Å². The fourth-order valence-electron chi connectivity index (χ4n) is 3.74. The molecular weight excluding hydrogens is 444 g/mol. The van der Waals surface area contributed by atoms with Crippen molar-refractivity contribution in [1.29, 1.82) is 0 Å². The summed E-state index contributed by atoms with van der Waals surface area (Å²) in [4.78, 5) is 34.3. The third kappa shape index (κ3) is 6.45. The smallest absolute Gasteiger partial charge is 0.324 e. The predicted octanol–water partition coefficient (Wildman–Crippen LogP) is 4.19. The van der Waals surface area contributed by atoms with Crippen molar-refractivity contribution in [2.24, 2.45) is 0 Å². The van der Waals surface area contributed by atoms with Gasteiger partial charge < -0.3 is 19.6 Å². The number of hydrogen-bond donors (Lipinski definition) is 2. The monoisotopic (exact) mass is 476 g/mol. The van der Waals surface area contributed by atoms with E-state index in [4.69, 9.17) is 4.52 Å². The highest BCUT2D eigenvalue weighted by Crippen LogP contribution is 2.24. The van der Waals surface area contributed by atoms with E-state index < -0.39 is 6.03 Å². The number of anilines is 3. The van der Waals surface area contributed by atoms with Crippen molar-refractivity contribution >= 4 is 29.1 Å². The molecule has 2 aromatic heterocycles. The molecular formula is C26H32N6O3. The third-order valence-corrected chi connectivity index (χ3v) is 5.91. The predicted molar refractivity (Wildman–Crippen MR) is 136 cm³/mol. The fourth-order valence-corrected chi connectivity index (χ4v) is 3.74. The number of likely N-dealkylation sites (N-methyl/N-ethyl adjacent to an activating group) is 1. The van der Waals surface area contributed by atoms with Gasteiger partial charge in [0.05, 0.1) is 0 Å². The molecule has 3 aromatic rings. The number of piperazine rings is 1. The highest BCUT2D eigenvalue weighted by Gasteiger charge is 2.20. The van der Waals surface area contributed by atoms with Gasteiger partial charge in [0.2, 0.25) is 0 Å². The van der Waals surface area contributed by atoms with Crippen LogP contribution in [0.5, 0.6) is 0 Å². The zero-order valence-electron chi connectivity index (χ0n) is 20.7. The Morgan fingerprint density at radius 1 is 1.00 bits per heavy atom. The molecule has 0 atom stereocenters. The highest BCUT2D eigenvalue weighted by atomic mass is 16.5. The lowest BCUT2D eigenvalue weighted by Crippen LogP contribution is -2.44. The van der Waals surface area contributed by atoms with Gasteiger partial charge in [-0.15, -0.1) is 0 Å². The van der Waals surface area contributed by atoms with Gasteiger partial charge in [0.1, 0.15) is 17.3 Å². The fraction of sp³-hybridized carbons (Fsp3) is 0.385. The van der Waals surface area contributed by atoms with Gasteiger partial charge in [-0.25, -0.2) is 9.78 Å². The van der Waals surface area contributed by atoms with Crippen LogP contribution >= 0.6 is 0 Å². The topological polar surface area (TPSA) is 104 Å². The van der Waals surface area contributed by atoms with E-state index in [9.17, 15) is 9.59 Å². The van der Waals surface area contributed by atoms with Crippen molar-refractivity contribution in [2.45, 2.75) is 32.6 Å². The summed E-state index contributed by atoms with van der Waals surface area (Å²) in [6.07, 6.45) is 0.236. The molecule has 9 heteroatoms. The van der Waals surface area contributed by atoms with E-state index in [2.05, 4.69) is 37.6 Å². The Balaban J connectivity index is 1.32. The first-order valence-electron chi connectivity index (χ1n) is 11.8. The summed E-state index contributed by atoms with van der Waals surface area (Å²) in [7, 11) is 2.11. The summed E-state index contributed by atoms with van der Waals surface area (Å²) >= 11 is 0. The molecule has 2 amide bonds. The first kappa shape index (κ1) is 24.4. The van der Waals surface area contributed by atoms with Gasteiger partial charge in [-0.2, -0.15) is 0 Å². The van der Waals surface area contributed by atoms with Crippen LogP contribution in [0.2, 0.25) is 0 Å². The van der Waals surface area contributed by atoms with Crippen LogP contribution in [0, 0.1) is 0 Å². The molecule has 35 heavy (non-hydrogen) atoms. The van der Waals surface area contributed by atoms with E-state index in [0.29, 0.717) is 23.0 Å². The van der Waals surface area contributed by atoms with Gasteiger partial charge in [0, 0.05) is 49.8 Å². The Morgan fingerprint density at radius 2 is 1.71 bits per heavy atom. The number of hydrogen-bond acceptors (Lipinski definition) is 7. The number of urea groups is 1. The Bertz CT molecular complexity index is 1170. The number of Topliss-reactive ketones (excluding diaryl/α,β-unsaturated/α-hetero) is 1. The van der Waals surface area contributed by atoms with Gasteiger partial charge in [0.25, 0.3) is 0 Å². The number of benzene rings is 1. The van der Waals surface area contributed by atoms with Crippen LogP contribution in [0.1, 0.15) is 42.6 Å². The van der Waals surface area contributed by atoms with Crippen LogP contribution in [0.25, 0.3) is 0 Å². The number of nitrogens with zero attached hydrogens (tertiary/aromatic N) is 4. The number of nitrogens with one attached hydrogen (secondary N) is 2. The quantitative estimate of drug-likeness (QED) is 0.514. The summed E-state index contributed by atoms with van der Waals surface area (Å²) in [6, 6.07) is 14.1. The zero-order valence-corrected chi connectivity index (χ0v) is 20.7. The number of ketones is 1. The maximum absolute atomic E-state index is 12.9. The molecule has 1 saturated heterocycles. The molecule has 1 aromatic carbocycles. The normalized spacial score (nSPS) is 14.6. The van der Waals surface area contributed by atoms with Crippen LogP contribution in [0.4, 0.5) is 22.1 Å². The second-order valence-electron chi connectivity index (χ2n) is 9.87. The molecule has 0 bridgehead atoms. The molecule has 1 fully saturated rings. The number of amides is 2. The second kappa shape index (κ2) is 10.3. The van der Waals surface area contributed by atoms with E-state index in [1.807, 2.05) is 45.0 Å². The van der Waals surface area contributed by atoms with Crippen molar-refractivity contribution in [3.63, 3.8) is 0 Å². The van der Waals surface area contributed by atoms with Gasteiger partial charge in [-0.3, -0.25) is 10.1 Å². The van der Waals surface area contributed by atoms with Crippen molar-refractivity contribution < 1.29 is 14.1 Å². The van der Waals surface area contributed by atoms with E-state index in [0.717, 1.165) is 37.6 Å². The number of rotatable bonds is 6. The maximum atomic E-state index is 12.9. The van der Waals surface area contributed by atoms with Crippen LogP contribution in [0.3, 0.4) is 0 Å². The summed E-state index contributed by atoms with van der Waals surface area (Å²) in [5.41, 5.74) is 1.72. The standard InChI is InChI=1S/C26H32N6O3/c1-26(2,3)22-17-23(30-35-22)29-25(34)27-19-10-8-18(9-11-19)16-21(33)20-6-5-7-24(28-20)32-14-12-31(4)13-15-32/h5-11,17H,12-16H2,1-4H3,(H2,27,29,30,34). The lowest BCUT2D eigenvalue weighted by atomic mass is 9.93. The number of aromatic nitrogens is 2. The van der Waals surface area contributed by atoms with E-state index >= 15 is 0 Å². The lowest BCUT2D eigenvalue weighted by Gasteiger charge is -2.33. The summed E-state index contributed by atoms with van der Waals surface area (Å²) in [5.74, 6) is 1.84. The van der Waals surface area contributed by atoms with Crippen molar-refractivity contribution in [3.05, 3.63) is 65.5 Å². The molecule has 0 unspecified atom stereocenters. The Labute approximate surface area is 205 Å². The molecule has 0 saturated carbocycles. The Morgan fingerprint density at radius 3 is 2.37 bits per heavy atom. The van der Waals surface area contributed by atoms with Crippen LogP contribution in [-0.4, -0.2) is 60.1 Å². The molecule has 2 N–H and O–H groups in total. The van der Waals surface area contributed by atoms with Gasteiger partial charge >= 0.3 is 6.03 Å². The third-order valence-electron chi connectivity index (χ3n) is 5.91. The molecule has 0 aliphatic carbocycles. The number of carbonyl (C=O) groups excluding carboxylic acids is 2. The first-order chi connectivity index (χ1) is 16.7. The summed E-state index contributed by atoms with van der Waals surface area (Å²) in [5, 5.41) is 9.31. The van der Waals surface area contributed by atoms with Crippen LogP contribution in [-0.2, 0) is 11.8 Å². The van der Waals surface area contributed by atoms with Crippen molar-refractivity contribution in [3.8, 4) is 0 Å². The van der Waals surface area contributed by atoms with Gasteiger partial charge in [0.15, 0.2) is 11.6 Å². The SMILES string of the molecule is CN1CCN(c2cccc(C(=O)Cc3ccc(NC(=O)Nc4cc(C(C)(C)C)on4)cc3)n2)CC1. The zero-order chi connectivity index (χ0) is 25.0. The summed E-state index contributed by atoms with van der Waals surface area (Å²) in [6.45, 7) is 9.77. The average molecular weight is 477 g/mol. The lowest BCUT2D eigenvalue weighted by molar-refractivity contribution is 0.0988. The minimum absolute atomic E-state index is 0.0416. The molecule has 0 spiro atoms. The molecule has 9 nitrogen and oxygen atoms in total. The van der Waals surface area contributed by atoms with Crippen LogP contribution < -0.4 is 15.5 Å². The molecule has 1 aliphatic rings. The largest absolute Gasteiger partial charge is 0.359 e. The number of carbonyl (C=O) groups is 2. The maximum Gasteiger partial charge on any atom is 0.324 e. The first-order valence-corrected chi connectivity index (χ1v) is 11.8. The van der Waals surface area contributed by atoms with Crippen LogP contribution in [0.15, 0.2) is 53.1 Å².